The Morgan fingerprint density at radius 1 is 1.25 bits per heavy atom. The first-order valence-corrected chi connectivity index (χ1v) is 8.09. The van der Waals surface area contributed by atoms with Crippen LogP contribution in [0.4, 0.5) is 4.79 Å². The van der Waals surface area contributed by atoms with E-state index in [4.69, 9.17) is 19.4 Å². The Morgan fingerprint density at radius 2 is 1.92 bits per heavy atom. The molecule has 0 aromatic rings. The van der Waals surface area contributed by atoms with E-state index in [1.54, 1.807) is 0 Å². The van der Waals surface area contributed by atoms with Gasteiger partial charge in [-0.3, -0.25) is 14.5 Å². The Hall–Kier alpha value is -1.87. The van der Waals surface area contributed by atoms with Gasteiger partial charge in [0.2, 0.25) is 5.91 Å². The van der Waals surface area contributed by atoms with E-state index in [1.807, 2.05) is 4.90 Å². The van der Waals surface area contributed by atoms with Crippen LogP contribution in [0, 0.1) is 0 Å². The maximum Gasteiger partial charge on any atom is 0.410 e. The van der Waals surface area contributed by atoms with Crippen LogP contribution in [0.2, 0.25) is 0 Å². The summed E-state index contributed by atoms with van der Waals surface area (Å²) in [5.74, 6) is -0.00421. The van der Waals surface area contributed by atoms with Crippen LogP contribution in [-0.2, 0) is 19.1 Å². The van der Waals surface area contributed by atoms with E-state index in [2.05, 4.69) is 11.9 Å². The molecule has 9 heteroatoms. The highest BCUT2D eigenvalue weighted by Crippen LogP contribution is 2.29. The number of morpholine rings is 1. The number of likely N-dealkylation sites (tertiary alicyclic amines) is 1. The molecule has 1 N–H and O–H groups in total. The number of carbonyl (C=O) groups excluding carboxylic acids is 2. The predicted molar refractivity (Wildman–Crippen MR) is 83.6 cm³/mol. The number of amides is 2. The number of hydrogen-bond acceptors (Lipinski definition) is 6. The van der Waals surface area contributed by atoms with E-state index >= 15 is 0 Å². The van der Waals surface area contributed by atoms with Gasteiger partial charge in [-0.1, -0.05) is 0 Å². The average molecular weight is 343 g/mol. The van der Waals surface area contributed by atoms with E-state index in [-0.39, 0.29) is 30.6 Å². The second kappa shape index (κ2) is 8.29. The van der Waals surface area contributed by atoms with Crippen LogP contribution in [-0.4, -0.2) is 103 Å². The predicted octanol–water partition coefficient (Wildman–Crippen LogP) is -0.537. The van der Waals surface area contributed by atoms with Crippen molar-refractivity contribution in [3.8, 4) is 0 Å². The van der Waals surface area contributed by atoms with Crippen LogP contribution in [0.1, 0.15) is 12.8 Å². The second-order valence-electron chi connectivity index (χ2n) is 6.29. The molecule has 0 aromatic heterocycles. The van der Waals surface area contributed by atoms with Crippen molar-refractivity contribution < 1.29 is 29.0 Å². The molecule has 2 amide bonds. The lowest BCUT2D eigenvalue weighted by Gasteiger charge is -2.46. The minimum absolute atomic E-state index is 0.00421. The molecule has 0 unspecified atom stereocenters. The van der Waals surface area contributed by atoms with Gasteiger partial charge in [-0.05, 0) is 19.9 Å². The van der Waals surface area contributed by atoms with Crippen LogP contribution in [0.15, 0.2) is 0 Å². The van der Waals surface area contributed by atoms with E-state index in [9.17, 15) is 9.59 Å². The van der Waals surface area contributed by atoms with Crippen molar-refractivity contribution in [1.82, 2.24) is 14.7 Å². The van der Waals surface area contributed by atoms with E-state index in [1.165, 1.54) is 4.90 Å². The van der Waals surface area contributed by atoms with Crippen molar-refractivity contribution in [2.45, 2.75) is 18.4 Å². The van der Waals surface area contributed by atoms with E-state index in [0.29, 0.717) is 32.8 Å². The number of piperidine rings is 1. The number of carbonyl (C=O) groups is 3. The molecule has 3 rings (SSSR count). The fourth-order valence-corrected chi connectivity index (χ4v) is 3.22. The first-order chi connectivity index (χ1) is 11.5. The number of rotatable bonds is 2. The van der Waals surface area contributed by atoms with Gasteiger partial charge in [-0.2, -0.15) is 0 Å². The summed E-state index contributed by atoms with van der Waals surface area (Å²) in [4.78, 5) is 37.8. The Bertz CT molecular complexity index is 464. The highest BCUT2D eigenvalue weighted by molar-refractivity contribution is 5.83. The molecule has 0 aromatic carbocycles. The Labute approximate surface area is 141 Å². The summed E-state index contributed by atoms with van der Waals surface area (Å²) in [5.41, 5.74) is -0.189. The van der Waals surface area contributed by atoms with Gasteiger partial charge in [-0.15, -0.1) is 0 Å². The molecular formula is C15H25N3O6. The zero-order valence-corrected chi connectivity index (χ0v) is 14.0. The van der Waals surface area contributed by atoms with Crippen LogP contribution in [0.5, 0.6) is 0 Å². The second-order valence-corrected chi connectivity index (χ2v) is 6.29. The third kappa shape index (κ3) is 4.57. The molecule has 3 fully saturated rings. The number of nitrogens with zero attached hydrogens (tertiary/aromatic N) is 3. The van der Waals surface area contributed by atoms with Crippen LogP contribution in [0.25, 0.3) is 0 Å². The lowest BCUT2D eigenvalue weighted by Crippen LogP contribution is -2.58. The average Bonchev–Trinajstić information content (AvgIpc) is 2.97. The Kier molecular flexibility index (Phi) is 6.38. The van der Waals surface area contributed by atoms with Crippen molar-refractivity contribution in [1.29, 1.82) is 0 Å². The zero-order chi connectivity index (χ0) is 17.6. The third-order valence-corrected chi connectivity index (χ3v) is 4.67. The minimum Gasteiger partial charge on any atom is -0.483 e. The van der Waals surface area contributed by atoms with Crippen LogP contribution in [0.3, 0.4) is 0 Å². The lowest BCUT2D eigenvalue weighted by atomic mass is 9.89. The molecule has 1 spiro atoms. The molecular weight excluding hydrogens is 318 g/mol. The summed E-state index contributed by atoms with van der Waals surface area (Å²) in [7, 11) is 2.11. The van der Waals surface area contributed by atoms with E-state index < -0.39 is 0 Å². The molecule has 24 heavy (non-hydrogen) atoms. The molecule has 136 valence electrons. The number of ether oxygens (including phenoxy) is 2. The van der Waals surface area contributed by atoms with Gasteiger partial charge < -0.3 is 24.4 Å². The Morgan fingerprint density at radius 3 is 2.50 bits per heavy atom. The van der Waals surface area contributed by atoms with Crippen molar-refractivity contribution in [3.63, 3.8) is 0 Å². The fraction of sp³-hybridized carbons (Fsp3) is 0.800. The molecule has 0 saturated carbocycles. The van der Waals surface area contributed by atoms with Gasteiger partial charge in [-0.25, -0.2) is 4.79 Å². The largest absolute Gasteiger partial charge is 0.483 e. The van der Waals surface area contributed by atoms with E-state index in [0.717, 1.165) is 25.9 Å². The van der Waals surface area contributed by atoms with Crippen molar-refractivity contribution >= 4 is 18.5 Å². The quantitative estimate of drug-likeness (QED) is 0.672. The topological polar surface area (TPSA) is 99.6 Å². The van der Waals surface area contributed by atoms with Gasteiger partial charge in [0.15, 0.2) is 0 Å². The minimum atomic E-state index is -0.384. The summed E-state index contributed by atoms with van der Waals surface area (Å²) < 4.78 is 10.9. The van der Waals surface area contributed by atoms with Gasteiger partial charge in [0.25, 0.3) is 6.47 Å². The molecule has 3 saturated heterocycles. The summed E-state index contributed by atoms with van der Waals surface area (Å²) >= 11 is 0. The van der Waals surface area contributed by atoms with Gasteiger partial charge in [0.1, 0.15) is 13.2 Å². The van der Waals surface area contributed by atoms with Crippen LogP contribution >= 0.6 is 0 Å². The smallest absolute Gasteiger partial charge is 0.410 e. The molecule has 0 atom stereocenters. The molecule has 3 aliphatic heterocycles. The lowest BCUT2D eigenvalue weighted by molar-refractivity contribution is -0.159. The van der Waals surface area contributed by atoms with Crippen molar-refractivity contribution in [2.75, 3.05) is 59.5 Å². The highest BCUT2D eigenvalue weighted by atomic mass is 16.6. The maximum absolute atomic E-state index is 12.4. The third-order valence-electron chi connectivity index (χ3n) is 4.67. The molecule has 0 aliphatic carbocycles. The molecule has 0 bridgehead atoms. The molecule has 9 nitrogen and oxygen atoms in total. The summed E-state index contributed by atoms with van der Waals surface area (Å²) in [5, 5.41) is 6.89. The summed E-state index contributed by atoms with van der Waals surface area (Å²) in [6.45, 7) is 4.59. The SMILES string of the molecule is CN1CCC2(CC1)CN(C(=O)CN1CCOC1=O)CCO2.O=CO. The monoisotopic (exact) mass is 343 g/mol. The standard InChI is InChI=1S/C14H23N3O4.CH2O2/c1-15-4-2-14(3-5-15)11-17(7-9-21-14)12(18)10-16-6-8-20-13(16)19;2-1-3/h2-11H2,1H3;1H,(H,2,3). The number of cyclic esters (lactones) is 1. The first-order valence-electron chi connectivity index (χ1n) is 8.09. The summed E-state index contributed by atoms with van der Waals surface area (Å²) in [6.07, 6.45) is 1.53. The van der Waals surface area contributed by atoms with Crippen molar-refractivity contribution in [2.24, 2.45) is 0 Å². The zero-order valence-electron chi connectivity index (χ0n) is 14.0. The number of carboxylic acid groups (broad SMARTS) is 1. The fourth-order valence-electron chi connectivity index (χ4n) is 3.22. The van der Waals surface area contributed by atoms with Gasteiger partial charge >= 0.3 is 6.09 Å². The molecule has 3 heterocycles. The number of hydrogen-bond donors (Lipinski definition) is 1. The molecule has 0 radical (unpaired) electrons. The summed E-state index contributed by atoms with van der Waals surface area (Å²) in [6, 6.07) is 0. The highest BCUT2D eigenvalue weighted by Gasteiger charge is 2.40. The first kappa shape index (κ1) is 18.5. The van der Waals surface area contributed by atoms with Crippen molar-refractivity contribution in [3.05, 3.63) is 0 Å². The normalized spacial score (nSPS) is 23.5. The Balaban J connectivity index is 0.000000647. The van der Waals surface area contributed by atoms with Crippen LogP contribution < -0.4 is 0 Å². The van der Waals surface area contributed by atoms with Gasteiger partial charge in [0, 0.05) is 26.2 Å². The molecule has 3 aliphatic rings. The maximum atomic E-state index is 12.4. The van der Waals surface area contributed by atoms with Gasteiger partial charge in [0.05, 0.1) is 18.8 Å².